The second-order valence-electron chi connectivity index (χ2n) is 8.81. The van der Waals surface area contributed by atoms with Gasteiger partial charge in [-0.25, -0.2) is 4.98 Å². The Kier molecular flexibility index (Phi) is 7.78. The number of imidazole rings is 1. The first-order valence-corrected chi connectivity index (χ1v) is 12.1. The normalized spacial score (nSPS) is 11.8. The SMILES string of the molecule is COc1ccc(CC(=O)NC(C)c2nc3ccccc3n2CCOc2cccc(C)c2C)cc1OC. The third-order valence-electron chi connectivity index (χ3n) is 6.39. The Balaban J connectivity index is 1.49. The molecule has 3 aromatic carbocycles. The molecule has 7 nitrogen and oxygen atoms in total. The molecule has 4 rings (SSSR count). The van der Waals surface area contributed by atoms with Crippen molar-refractivity contribution in [1.29, 1.82) is 0 Å². The highest BCUT2D eigenvalue weighted by molar-refractivity contribution is 5.80. The van der Waals surface area contributed by atoms with Gasteiger partial charge in [-0.2, -0.15) is 0 Å². The van der Waals surface area contributed by atoms with Crippen LogP contribution in [0, 0.1) is 13.8 Å². The first-order chi connectivity index (χ1) is 17.4. The van der Waals surface area contributed by atoms with E-state index in [1.807, 2.05) is 55.5 Å². The molecule has 188 valence electrons. The third kappa shape index (κ3) is 5.46. The topological polar surface area (TPSA) is 74.6 Å². The van der Waals surface area contributed by atoms with Crippen molar-refractivity contribution in [3.8, 4) is 17.2 Å². The van der Waals surface area contributed by atoms with E-state index in [4.69, 9.17) is 19.2 Å². The number of ether oxygens (including phenoxy) is 3. The molecule has 0 fully saturated rings. The van der Waals surface area contributed by atoms with E-state index in [0.29, 0.717) is 24.7 Å². The van der Waals surface area contributed by atoms with Crippen LogP contribution < -0.4 is 19.5 Å². The summed E-state index contributed by atoms with van der Waals surface area (Å²) in [6.45, 7) is 7.20. The number of methoxy groups -OCH3 is 2. The van der Waals surface area contributed by atoms with Crippen LogP contribution in [0.2, 0.25) is 0 Å². The van der Waals surface area contributed by atoms with Crippen LogP contribution in [0.15, 0.2) is 60.7 Å². The lowest BCUT2D eigenvalue weighted by molar-refractivity contribution is -0.121. The van der Waals surface area contributed by atoms with Gasteiger partial charge in [0.1, 0.15) is 18.2 Å². The lowest BCUT2D eigenvalue weighted by Gasteiger charge is -2.17. The molecule has 0 aliphatic carbocycles. The summed E-state index contributed by atoms with van der Waals surface area (Å²) in [6.07, 6.45) is 0.223. The molecule has 0 saturated carbocycles. The quantitative estimate of drug-likeness (QED) is 0.334. The Morgan fingerprint density at radius 2 is 1.75 bits per heavy atom. The summed E-state index contributed by atoms with van der Waals surface area (Å²) in [6, 6.07) is 19.3. The molecular formula is C29H33N3O4. The van der Waals surface area contributed by atoms with Gasteiger partial charge in [0, 0.05) is 0 Å². The fraction of sp³-hybridized carbons (Fsp3) is 0.310. The fourth-order valence-corrected chi connectivity index (χ4v) is 4.32. The number of carbonyl (C=O) groups excluding carboxylic acids is 1. The van der Waals surface area contributed by atoms with E-state index in [9.17, 15) is 4.79 Å². The van der Waals surface area contributed by atoms with E-state index < -0.39 is 0 Å². The van der Waals surface area contributed by atoms with Crippen LogP contribution in [0.5, 0.6) is 17.2 Å². The number of fused-ring (bicyclic) bond motifs is 1. The monoisotopic (exact) mass is 487 g/mol. The molecule has 7 heteroatoms. The Morgan fingerprint density at radius 1 is 0.972 bits per heavy atom. The molecule has 4 aromatic rings. The standard InChI is InChI=1S/C29H33N3O4/c1-19-9-8-12-25(20(19)2)36-16-15-32-24-11-7-6-10-23(24)31-29(32)21(3)30-28(33)18-22-13-14-26(34-4)27(17-22)35-5/h6-14,17,21H,15-16,18H2,1-5H3,(H,30,33). The van der Waals surface area contributed by atoms with E-state index >= 15 is 0 Å². The van der Waals surface area contributed by atoms with Crippen LogP contribution >= 0.6 is 0 Å². The minimum Gasteiger partial charge on any atom is -0.493 e. The van der Waals surface area contributed by atoms with Gasteiger partial charge >= 0.3 is 0 Å². The van der Waals surface area contributed by atoms with Gasteiger partial charge in [0.25, 0.3) is 0 Å². The van der Waals surface area contributed by atoms with Gasteiger partial charge in [-0.3, -0.25) is 4.79 Å². The van der Waals surface area contributed by atoms with Crippen molar-refractivity contribution in [1.82, 2.24) is 14.9 Å². The van der Waals surface area contributed by atoms with E-state index in [-0.39, 0.29) is 18.4 Å². The summed E-state index contributed by atoms with van der Waals surface area (Å²) in [5.41, 5.74) is 5.09. The second-order valence-corrected chi connectivity index (χ2v) is 8.81. The molecule has 0 radical (unpaired) electrons. The Morgan fingerprint density at radius 3 is 2.53 bits per heavy atom. The van der Waals surface area contributed by atoms with Crippen LogP contribution in [0.4, 0.5) is 0 Å². The zero-order chi connectivity index (χ0) is 25.7. The summed E-state index contributed by atoms with van der Waals surface area (Å²) in [4.78, 5) is 17.7. The summed E-state index contributed by atoms with van der Waals surface area (Å²) in [7, 11) is 3.17. The minimum atomic E-state index is -0.286. The number of nitrogens with one attached hydrogen (secondary N) is 1. The number of hydrogen-bond donors (Lipinski definition) is 1. The molecule has 0 spiro atoms. The Labute approximate surface area is 212 Å². The molecule has 36 heavy (non-hydrogen) atoms. The van der Waals surface area contributed by atoms with Crippen LogP contribution in [-0.2, 0) is 17.8 Å². The van der Waals surface area contributed by atoms with Crippen LogP contribution in [-0.4, -0.2) is 36.3 Å². The minimum absolute atomic E-state index is 0.0973. The lowest BCUT2D eigenvalue weighted by Crippen LogP contribution is -2.30. The van der Waals surface area contributed by atoms with Gasteiger partial charge < -0.3 is 24.1 Å². The van der Waals surface area contributed by atoms with E-state index in [1.54, 1.807) is 20.3 Å². The molecule has 0 aliphatic heterocycles. The van der Waals surface area contributed by atoms with Crippen molar-refractivity contribution in [2.75, 3.05) is 20.8 Å². The molecule has 1 amide bonds. The molecule has 1 aromatic heterocycles. The molecule has 1 unspecified atom stereocenters. The predicted octanol–water partition coefficient (Wildman–Crippen LogP) is 5.17. The number of aromatic nitrogens is 2. The highest BCUT2D eigenvalue weighted by atomic mass is 16.5. The largest absolute Gasteiger partial charge is 0.493 e. The zero-order valence-electron chi connectivity index (χ0n) is 21.5. The zero-order valence-corrected chi connectivity index (χ0v) is 21.5. The number of carbonyl (C=O) groups is 1. The number of para-hydroxylation sites is 2. The average Bonchev–Trinajstić information content (AvgIpc) is 3.25. The first kappa shape index (κ1) is 25.1. The van der Waals surface area contributed by atoms with Gasteiger partial charge in [-0.15, -0.1) is 0 Å². The van der Waals surface area contributed by atoms with Crippen molar-refractivity contribution >= 4 is 16.9 Å². The Bertz CT molecular complexity index is 1360. The van der Waals surface area contributed by atoms with Gasteiger partial charge in [-0.05, 0) is 67.8 Å². The highest BCUT2D eigenvalue weighted by Gasteiger charge is 2.19. The summed E-state index contributed by atoms with van der Waals surface area (Å²) < 4.78 is 18.9. The lowest BCUT2D eigenvalue weighted by atomic mass is 10.1. The van der Waals surface area contributed by atoms with Gasteiger partial charge in [0.05, 0.1) is 44.3 Å². The smallest absolute Gasteiger partial charge is 0.224 e. The number of aryl methyl sites for hydroxylation is 1. The maximum Gasteiger partial charge on any atom is 0.224 e. The molecule has 0 saturated heterocycles. The summed E-state index contributed by atoms with van der Waals surface area (Å²) in [5, 5.41) is 3.10. The molecule has 1 heterocycles. The summed E-state index contributed by atoms with van der Waals surface area (Å²) in [5.74, 6) is 2.81. The number of hydrogen-bond acceptors (Lipinski definition) is 5. The van der Waals surface area contributed by atoms with Crippen LogP contribution in [0.25, 0.3) is 11.0 Å². The summed E-state index contributed by atoms with van der Waals surface area (Å²) >= 11 is 0. The fourth-order valence-electron chi connectivity index (χ4n) is 4.32. The molecule has 0 aliphatic rings. The number of rotatable bonds is 10. The van der Waals surface area contributed by atoms with Gasteiger partial charge in [0.2, 0.25) is 5.91 Å². The number of benzene rings is 3. The predicted molar refractivity (Wildman–Crippen MR) is 141 cm³/mol. The maximum absolute atomic E-state index is 12.9. The molecule has 1 atom stereocenters. The molecule has 1 N–H and O–H groups in total. The average molecular weight is 488 g/mol. The first-order valence-electron chi connectivity index (χ1n) is 12.1. The van der Waals surface area contributed by atoms with E-state index in [0.717, 1.165) is 33.7 Å². The van der Waals surface area contributed by atoms with Crippen molar-refractivity contribution in [2.24, 2.45) is 0 Å². The maximum atomic E-state index is 12.9. The van der Waals surface area contributed by atoms with E-state index in [2.05, 4.69) is 29.8 Å². The van der Waals surface area contributed by atoms with Gasteiger partial charge in [-0.1, -0.05) is 30.3 Å². The van der Waals surface area contributed by atoms with Crippen LogP contribution in [0.3, 0.4) is 0 Å². The third-order valence-corrected chi connectivity index (χ3v) is 6.39. The Hall–Kier alpha value is -4.00. The van der Waals surface area contributed by atoms with Crippen molar-refractivity contribution in [3.05, 3.63) is 83.2 Å². The number of nitrogens with zero attached hydrogens (tertiary/aromatic N) is 2. The van der Waals surface area contributed by atoms with Gasteiger partial charge in [0.15, 0.2) is 11.5 Å². The van der Waals surface area contributed by atoms with Crippen molar-refractivity contribution in [2.45, 2.75) is 39.8 Å². The van der Waals surface area contributed by atoms with Crippen molar-refractivity contribution < 1.29 is 19.0 Å². The number of amides is 1. The second kappa shape index (κ2) is 11.2. The highest BCUT2D eigenvalue weighted by Crippen LogP contribution is 2.28. The molecular weight excluding hydrogens is 454 g/mol. The van der Waals surface area contributed by atoms with Crippen LogP contribution in [0.1, 0.15) is 35.5 Å². The van der Waals surface area contributed by atoms with Crippen molar-refractivity contribution in [3.63, 3.8) is 0 Å². The molecule has 0 bridgehead atoms. The van der Waals surface area contributed by atoms with E-state index in [1.165, 1.54) is 5.56 Å².